The summed E-state index contributed by atoms with van der Waals surface area (Å²) in [5.74, 6) is -0.954. The lowest BCUT2D eigenvalue weighted by Crippen LogP contribution is -2.53. The summed E-state index contributed by atoms with van der Waals surface area (Å²) in [6.07, 6.45) is 2.88. The van der Waals surface area contributed by atoms with Crippen LogP contribution in [0.4, 0.5) is 9.18 Å². The predicted octanol–water partition coefficient (Wildman–Crippen LogP) is 2.79. The number of aromatic nitrogens is 2. The number of benzene rings is 1. The van der Waals surface area contributed by atoms with Crippen LogP contribution >= 0.6 is 0 Å². The first-order valence-corrected chi connectivity index (χ1v) is 9.38. The molecule has 0 spiro atoms. The molecule has 1 aromatic heterocycles. The zero-order valence-electron chi connectivity index (χ0n) is 16.2. The zero-order chi connectivity index (χ0) is 20.3. The minimum atomic E-state index is -0.753. The maximum absolute atomic E-state index is 13.9. The van der Waals surface area contributed by atoms with E-state index in [1.54, 1.807) is 23.4 Å². The Balaban J connectivity index is 1.92. The number of hydrogen-bond donors (Lipinski definition) is 2. The highest BCUT2D eigenvalue weighted by atomic mass is 19.1. The quantitative estimate of drug-likeness (QED) is 0.771. The number of halogens is 1. The highest BCUT2D eigenvalue weighted by Gasteiger charge is 2.36. The summed E-state index contributed by atoms with van der Waals surface area (Å²) in [5, 5.41) is 2.81. The third-order valence-electron chi connectivity index (χ3n) is 5.30. The van der Waals surface area contributed by atoms with Gasteiger partial charge in [-0.3, -0.25) is 0 Å². The molecule has 2 heterocycles. The molecule has 28 heavy (non-hydrogen) atoms. The molecule has 8 heteroatoms. The van der Waals surface area contributed by atoms with Gasteiger partial charge < -0.3 is 19.9 Å². The molecule has 0 saturated heterocycles. The fourth-order valence-electron chi connectivity index (χ4n) is 3.52. The number of rotatable bonds is 5. The molecule has 1 aliphatic heterocycles. The standard InChI is InChI=1S/C20H25FN4O3/c1-4-12(2)16(19(26)28-3)24-20(27)25-9-8-15-17(23-11-22-15)18(25)13-6-5-7-14(21)10-13/h5-7,10-12,16,18H,4,8-9H2,1-3H3,(H,22,23)(H,24,27). The molecule has 0 fully saturated rings. The molecule has 0 radical (unpaired) electrons. The minimum absolute atomic E-state index is 0.0882. The molecule has 150 valence electrons. The van der Waals surface area contributed by atoms with Crippen LogP contribution in [0, 0.1) is 11.7 Å². The van der Waals surface area contributed by atoms with Crippen molar-refractivity contribution in [1.29, 1.82) is 0 Å². The van der Waals surface area contributed by atoms with Gasteiger partial charge in [0, 0.05) is 18.7 Å². The number of imidazole rings is 1. The van der Waals surface area contributed by atoms with Gasteiger partial charge in [-0.1, -0.05) is 32.4 Å². The van der Waals surface area contributed by atoms with Crippen molar-refractivity contribution in [3.8, 4) is 0 Å². The van der Waals surface area contributed by atoms with Crippen molar-refractivity contribution in [2.24, 2.45) is 5.92 Å². The summed E-state index contributed by atoms with van der Waals surface area (Å²) in [4.78, 5) is 34.3. The van der Waals surface area contributed by atoms with Crippen molar-refractivity contribution in [3.63, 3.8) is 0 Å². The Kier molecular flexibility index (Phi) is 5.96. The second kappa shape index (κ2) is 8.41. The molecule has 3 atom stereocenters. The Morgan fingerprint density at radius 1 is 1.46 bits per heavy atom. The van der Waals surface area contributed by atoms with Gasteiger partial charge in [0.1, 0.15) is 17.9 Å². The van der Waals surface area contributed by atoms with Gasteiger partial charge in [-0.15, -0.1) is 0 Å². The first-order chi connectivity index (χ1) is 13.5. The van der Waals surface area contributed by atoms with Crippen molar-refractivity contribution in [2.75, 3.05) is 13.7 Å². The summed E-state index contributed by atoms with van der Waals surface area (Å²) in [7, 11) is 1.30. The Morgan fingerprint density at radius 2 is 2.25 bits per heavy atom. The van der Waals surface area contributed by atoms with Crippen LogP contribution in [-0.4, -0.2) is 46.6 Å². The average Bonchev–Trinajstić information content (AvgIpc) is 3.18. The van der Waals surface area contributed by atoms with Gasteiger partial charge in [0.2, 0.25) is 0 Å². The Labute approximate surface area is 163 Å². The smallest absolute Gasteiger partial charge is 0.328 e. The average molecular weight is 388 g/mol. The number of H-pyrrole nitrogens is 1. The highest BCUT2D eigenvalue weighted by molar-refractivity contribution is 5.84. The van der Waals surface area contributed by atoms with Crippen molar-refractivity contribution in [2.45, 2.75) is 38.8 Å². The number of carbonyl (C=O) groups is 2. The van der Waals surface area contributed by atoms with Gasteiger partial charge in [0.05, 0.1) is 19.1 Å². The number of fused-ring (bicyclic) bond motifs is 1. The number of ether oxygens (including phenoxy) is 1. The summed E-state index contributed by atoms with van der Waals surface area (Å²) in [5.41, 5.74) is 2.23. The number of methoxy groups -OCH3 is 1. The molecule has 3 rings (SSSR count). The lowest BCUT2D eigenvalue weighted by molar-refractivity contribution is -0.144. The van der Waals surface area contributed by atoms with E-state index in [9.17, 15) is 14.0 Å². The fourth-order valence-corrected chi connectivity index (χ4v) is 3.52. The van der Waals surface area contributed by atoms with E-state index in [1.807, 2.05) is 13.8 Å². The third kappa shape index (κ3) is 3.85. The molecule has 1 aliphatic rings. The third-order valence-corrected chi connectivity index (χ3v) is 5.30. The van der Waals surface area contributed by atoms with Crippen molar-refractivity contribution >= 4 is 12.0 Å². The lowest BCUT2D eigenvalue weighted by Gasteiger charge is -2.36. The second-order valence-electron chi connectivity index (χ2n) is 7.00. The van der Waals surface area contributed by atoms with E-state index in [-0.39, 0.29) is 11.7 Å². The SMILES string of the molecule is CCC(C)C(NC(=O)N1CCc2[nH]cnc2C1c1cccc(F)c1)C(=O)OC. The maximum Gasteiger partial charge on any atom is 0.328 e. The number of hydrogen-bond acceptors (Lipinski definition) is 4. The Bertz CT molecular complexity index is 853. The minimum Gasteiger partial charge on any atom is -0.467 e. The number of amides is 2. The molecule has 0 saturated carbocycles. The van der Waals surface area contributed by atoms with Crippen LogP contribution in [0.15, 0.2) is 30.6 Å². The molecule has 3 unspecified atom stereocenters. The zero-order valence-corrected chi connectivity index (χ0v) is 16.2. The fraction of sp³-hybridized carbons (Fsp3) is 0.450. The molecule has 2 amide bonds. The first kappa shape index (κ1) is 19.9. The maximum atomic E-state index is 13.9. The predicted molar refractivity (Wildman–Crippen MR) is 101 cm³/mol. The van der Waals surface area contributed by atoms with Gasteiger partial charge in [0.25, 0.3) is 0 Å². The van der Waals surface area contributed by atoms with Crippen LogP contribution in [0.3, 0.4) is 0 Å². The molecule has 0 aliphatic carbocycles. The molecular formula is C20H25FN4O3. The van der Waals surface area contributed by atoms with Gasteiger partial charge in [0.15, 0.2) is 0 Å². The summed E-state index contributed by atoms with van der Waals surface area (Å²) in [6.45, 7) is 4.24. The number of urea groups is 1. The summed E-state index contributed by atoms with van der Waals surface area (Å²) < 4.78 is 18.7. The molecule has 2 N–H and O–H groups in total. The molecule has 7 nitrogen and oxygen atoms in total. The van der Waals surface area contributed by atoms with Crippen molar-refractivity contribution < 1.29 is 18.7 Å². The monoisotopic (exact) mass is 388 g/mol. The van der Waals surface area contributed by atoms with Gasteiger partial charge in [-0.25, -0.2) is 19.0 Å². The second-order valence-corrected chi connectivity index (χ2v) is 7.00. The van der Waals surface area contributed by atoms with Crippen LogP contribution in [0.25, 0.3) is 0 Å². The normalized spacial score (nSPS) is 18.1. The van der Waals surface area contributed by atoms with E-state index < -0.39 is 24.1 Å². The number of nitrogens with zero attached hydrogens (tertiary/aromatic N) is 2. The topological polar surface area (TPSA) is 87.3 Å². The molecule has 1 aromatic carbocycles. The molecule has 0 bridgehead atoms. The molecular weight excluding hydrogens is 363 g/mol. The van der Waals surface area contributed by atoms with E-state index >= 15 is 0 Å². The van der Waals surface area contributed by atoms with E-state index in [1.165, 1.54) is 19.2 Å². The van der Waals surface area contributed by atoms with Crippen LogP contribution in [0.1, 0.15) is 43.3 Å². The number of aromatic amines is 1. The van der Waals surface area contributed by atoms with Crippen LogP contribution in [0.2, 0.25) is 0 Å². The van der Waals surface area contributed by atoms with Gasteiger partial charge >= 0.3 is 12.0 Å². The van der Waals surface area contributed by atoms with Crippen LogP contribution in [0.5, 0.6) is 0 Å². The first-order valence-electron chi connectivity index (χ1n) is 9.38. The largest absolute Gasteiger partial charge is 0.467 e. The van der Waals surface area contributed by atoms with Crippen LogP contribution < -0.4 is 5.32 Å². The lowest BCUT2D eigenvalue weighted by atomic mass is 9.95. The number of carbonyl (C=O) groups excluding carboxylic acids is 2. The van der Waals surface area contributed by atoms with E-state index in [2.05, 4.69) is 15.3 Å². The number of esters is 1. The Hall–Kier alpha value is -2.90. The Morgan fingerprint density at radius 3 is 2.93 bits per heavy atom. The highest BCUT2D eigenvalue weighted by Crippen LogP contribution is 2.33. The van der Waals surface area contributed by atoms with Crippen molar-refractivity contribution in [3.05, 3.63) is 53.4 Å². The summed E-state index contributed by atoms with van der Waals surface area (Å²) in [6, 6.07) is 4.44. The van der Waals surface area contributed by atoms with E-state index in [0.29, 0.717) is 30.6 Å². The van der Waals surface area contributed by atoms with Gasteiger partial charge in [-0.2, -0.15) is 0 Å². The molecule has 2 aromatic rings. The summed E-state index contributed by atoms with van der Waals surface area (Å²) >= 11 is 0. The van der Waals surface area contributed by atoms with Crippen molar-refractivity contribution in [1.82, 2.24) is 20.2 Å². The van der Waals surface area contributed by atoms with E-state index in [4.69, 9.17) is 4.74 Å². The van der Waals surface area contributed by atoms with E-state index in [0.717, 1.165) is 5.69 Å². The van der Waals surface area contributed by atoms with Gasteiger partial charge in [-0.05, 0) is 23.6 Å². The number of nitrogens with one attached hydrogen (secondary N) is 2. The van der Waals surface area contributed by atoms with Crippen LogP contribution in [-0.2, 0) is 16.0 Å².